The Balaban J connectivity index is 1.43. The Morgan fingerprint density at radius 2 is 2.07 bits per heavy atom. The highest BCUT2D eigenvalue weighted by molar-refractivity contribution is 7.09. The Morgan fingerprint density at radius 3 is 2.81 bits per heavy atom. The molecule has 1 atom stereocenters. The molecule has 2 aromatic heterocycles. The van der Waals surface area contributed by atoms with Gasteiger partial charge in [0.2, 0.25) is 11.8 Å². The first kappa shape index (κ1) is 17.5. The number of aryl methyl sites for hydroxylation is 1. The van der Waals surface area contributed by atoms with Gasteiger partial charge in [0.1, 0.15) is 5.82 Å². The van der Waals surface area contributed by atoms with Gasteiger partial charge in [-0.2, -0.15) is 5.10 Å². The first-order valence-electron chi connectivity index (χ1n) is 8.82. The van der Waals surface area contributed by atoms with Crippen molar-refractivity contribution in [3.8, 4) is 0 Å². The van der Waals surface area contributed by atoms with E-state index in [4.69, 9.17) is 0 Å². The van der Waals surface area contributed by atoms with Gasteiger partial charge in [-0.25, -0.2) is 4.68 Å². The lowest BCUT2D eigenvalue weighted by molar-refractivity contribution is -0.122. The molecule has 6 nitrogen and oxygen atoms in total. The summed E-state index contributed by atoms with van der Waals surface area (Å²) in [6.07, 6.45) is 1.89. The molecule has 7 heteroatoms. The summed E-state index contributed by atoms with van der Waals surface area (Å²) in [6.45, 7) is 3.01. The van der Waals surface area contributed by atoms with E-state index in [9.17, 15) is 9.59 Å². The third-order valence-electron chi connectivity index (χ3n) is 4.69. The van der Waals surface area contributed by atoms with Gasteiger partial charge < -0.3 is 10.2 Å². The van der Waals surface area contributed by atoms with Gasteiger partial charge in [0.15, 0.2) is 0 Å². The summed E-state index contributed by atoms with van der Waals surface area (Å²) >= 11 is 1.65. The van der Waals surface area contributed by atoms with Crippen LogP contribution in [0.4, 0.5) is 11.5 Å². The van der Waals surface area contributed by atoms with E-state index >= 15 is 0 Å². The molecule has 0 unspecified atom stereocenters. The van der Waals surface area contributed by atoms with E-state index in [-0.39, 0.29) is 24.2 Å². The standard InChI is InChI=1S/C20H20N4O2S/c1-14-4-6-16(7-5-14)23-12-15(11-19(23)25)20(26)22-18-8-9-21-24(18)13-17-3-2-10-27-17/h2-10,15H,11-13H2,1H3,(H,22,26)/t15-/m0/s1. The van der Waals surface area contributed by atoms with E-state index in [0.717, 1.165) is 16.1 Å². The Hall–Kier alpha value is -2.93. The van der Waals surface area contributed by atoms with Gasteiger partial charge in [-0.1, -0.05) is 23.8 Å². The van der Waals surface area contributed by atoms with Crippen LogP contribution in [0.3, 0.4) is 0 Å². The van der Waals surface area contributed by atoms with Crippen molar-refractivity contribution in [3.63, 3.8) is 0 Å². The van der Waals surface area contributed by atoms with E-state index in [1.807, 2.05) is 48.7 Å². The van der Waals surface area contributed by atoms with Crippen molar-refractivity contribution in [1.29, 1.82) is 0 Å². The Morgan fingerprint density at radius 1 is 1.26 bits per heavy atom. The van der Waals surface area contributed by atoms with Crippen molar-refractivity contribution in [2.24, 2.45) is 5.92 Å². The minimum absolute atomic E-state index is 0.0221. The predicted octanol–water partition coefficient (Wildman–Crippen LogP) is 3.29. The molecule has 1 aliphatic heterocycles. The van der Waals surface area contributed by atoms with Gasteiger partial charge in [0, 0.05) is 29.6 Å². The smallest absolute Gasteiger partial charge is 0.230 e. The number of amides is 2. The van der Waals surface area contributed by atoms with E-state index in [1.54, 1.807) is 33.2 Å². The third-order valence-corrected chi connectivity index (χ3v) is 5.56. The van der Waals surface area contributed by atoms with Crippen LogP contribution < -0.4 is 10.2 Å². The quantitative estimate of drug-likeness (QED) is 0.739. The fourth-order valence-corrected chi connectivity index (χ4v) is 3.89. The molecule has 0 saturated carbocycles. The number of rotatable bonds is 5. The molecule has 1 fully saturated rings. The van der Waals surface area contributed by atoms with Crippen LogP contribution in [0, 0.1) is 12.8 Å². The molecule has 1 aliphatic rings. The van der Waals surface area contributed by atoms with Crippen LogP contribution in [0.2, 0.25) is 0 Å². The topological polar surface area (TPSA) is 67.2 Å². The minimum atomic E-state index is -0.371. The van der Waals surface area contributed by atoms with Crippen LogP contribution in [-0.2, 0) is 16.1 Å². The Bertz CT molecular complexity index is 947. The van der Waals surface area contributed by atoms with E-state index in [1.165, 1.54) is 0 Å². The number of nitrogens with zero attached hydrogens (tertiary/aromatic N) is 3. The molecule has 27 heavy (non-hydrogen) atoms. The van der Waals surface area contributed by atoms with E-state index in [2.05, 4.69) is 10.4 Å². The van der Waals surface area contributed by atoms with E-state index < -0.39 is 0 Å². The van der Waals surface area contributed by atoms with Crippen molar-refractivity contribution in [2.45, 2.75) is 19.9 Å². The Labute approximate surface area is 161 Å². The van der Waals surface area contributed by atoms with Crippen LogP contribution in [-0.4, -0.2) is 28.1 Å². The maximum absolute atomic E-state index is 12.7. The fraction of sp³-hybridized carbons (Fsp3) is 0.250. The molecule has 0 spiro atoms. The predicted molar refractivity (Wildman–Crippen MR) is 106 cm³/mol. The maximum atomic E-state index is 12.7. The SMILES string of the molecule is Cc1ccc(N2C[C@@H](C(=O)Nc3ccnn3Cc3cccs3)CC2=O)cc1. The lowest BCUT2D eigenvalue weighted by Crippen LogP contribution is -2.28. The fourth-order valence-electron chi connectivity index (χ4n) is 3.20. The molecule has 2 amide bonds. The van der Waals surface area contributed by atoms with Gasteiger partial charge in [0.05, 0.1) is 18.7 Å². The second-order valence-corrected chi connectivity index (χ2v) is 7.72. The third kappa shape index (κ3) is 3.78. The summed E-state index contributed by atoms with van der Waals surface area (Å²) in [6, 6.07) is 13.6. The number of benzene rings is 1. The minimum Gasteiger partial charge on any atom is -0.312 e. The van der Waals surface area contributed by atoms with Crippen LogP contribution in [0.1, 0.15) is 16.9 Å². The first-order chi connectivity index (χ1) is 13.1. The van der Waals surface area contributed by atoms with Crippen molar-refractivity contribution in [2.75, 3.05) is 16.8 Å². The summed E-state index contributed by atoms with van der Waals surface area (Å²) in [4.78, 5) is 28.0. The number of hydrogen-bond donors (Lipinski definition) is 1. The molecular weight excluding hydrogens is 360 g/mol. The number of nitrogens with one attached hydrogen (secondary N) is 1. The second-order valence-electron chi connectivity index (χ2n) is 6.68. The molecule has 1 aromatic carbocycles. The normalized spacial score (nSPS) is 16.7. The van der Waals surface area contributed by atoms with Crippen molar-refractivity contribution in [3.05, 3.63) is 64.5 Å². The van der Waals surface area contributed by atoms with Crippen LogP contribution >= 0.6 is 11.3 Å². The lowest BCUT2D eigenvalue weighted by atomic mass is 10.1. The second kappa shape index (κ2) is 7.36. The van der Waals surface area contributed by atoms with Crippen LogP contribution in [0.25, 0.3) is 0 Å². The molecule has 0 bridgehead atoms. The van der Waals surface area contributed by atoms with Gasteiger partial charge in [-0.05, 0) is 30.5 Å². The monoisotopic (exact) mass is 380 g/mol. The highest BCUT2D eigenvalue weighted by atomic mass is 32.1. The lowest BCUT2D eigenvalue weighted by Gasteiger charge is -2.17. The summed E-state index contributed by atoms with van der Waals surface area (Å²) in [5, 5.41) is 9.24. The van der Waals surface area contributed by atoms with Crippen LogP contribution in [0.5, 0.6) is 0 Å². The van der Waals surface area contributed by atoms with Gasteiger partial charge in [-0.3, -0.25) is 9.59 Å². The summed E-state index contributed by atoms with van der Waals surface area (Å²) in [5.74, 6) is 0.107. The average Bonchev–Trinajstić information content (AvgIpc) is 3.39. The number of thiophene rings is 1. The molecular formula is C20H20N4O2S. The molecule has 4 rings (SSSR count). The number of carbonyl (C=O) groups is 2. The van der Waals surface area contributed by atoms with Crippen molar-refractivity contribution < 1.29 is 9.59 Å². The molecule has 3 aromatic rings. The molecule has 1 saturated heterocycles. The number of anilines is 2. The number of aromatic nitrogens is 2. The van der Waals surface area contributed by atoms with E-state index in [0.29, 0.717) is 18.9 Å². The Kier molecular flexibility index (Phi) is 4.77. The first-order valence-corrected chi connectivity index (χ1v) is 9.70. The highest BCUT2D eigenvalue weighted by Crippen LogP contribution is 2.26. The molecule has 0 aliphatic carbocycles. The zero-order chi connectivity index (χ0) is 18.8. The zero-order valence-electron chi connectivity index (χ0n) is 15.0. The largest absolute Gasteiger partial charge is 0.312 e. The zero-order valence-corrected chi connectivity index (χ0v) is 15.8. The average molecular weight is 380 g/mol. The molecule has 0 radical (unpaired) electrons. The molecule has 138 valence electrons. The maximum Gasteiger partial charge on any atom is 0.230 e. The van der Waals surface area contributed by atoms with Gasteiger partial charge >= 0.3 is 0 Å². The summed E-state index contributed by atoms with van der Waals surface area (Å²) in [7, 11) is 0. The molecule has 3 heterocycles. The summed E-state index contributed by atoms with van der Waals surface area (Å²) in [5.41, 5.74) is 1.97. The van der Waals surface area contributed by atoms with Gasteiger partial charge in [-0.15, -0.1) is 11.3 Å². The highest BCUT2D eigenvalue weighted by Gasteiger charge is 2.35. The molecule has 1 N–H and O–H groups in total. The number of hydrogen-bond acceptors (Lipinski definition) is 4. The summed E-state index contributed by atoms with van der Waals surface area (Å²) < 4.78 is 1.76. The van der Waals surface area contributed by atoms with Crippen LogP contribution in [0.15, 0.2) is 54.0 Å². The number of carbonyl (C=O) groups excluding carboxylic acids is 2. The van der Waals surface area contributed by atoms with Crippen molar-refractivity contribution >= 4 is 34.7 Å². The van der Waals surface area contributed by atoms with Gasteiger partial charge in [0.25, 0.3) is 0 Å². The van der Waals surface area contributed by atoms with Crippen molar-refractivity contribution in [1.82, 2.24) is 9.78 Å².